The maximum absolute atomic E-state index is 13.3. The van der Waals surface area contributed by atoms with Crippen LogP contribution in [0.3, 0.4) is 0 Å². The van der Waals surface area contributed by atoms with E-state index in [1.54, 1.807) is 0 Å². The molecule has 0 saturated heterocycles. The molecule has 0 aliphatic heterocycles. The van der Waals surface area contributed by atoms with Crippen molar-refractivity contribution in [1.82, 2.24) is 19.9 Å². The number of carbonyl (C=O) groups is 1. The Morgan fingerprint density at radius 1 is 1.26 bits per heavy atom. The molecule has 162 valence electrons. The van der Waals surface area contributed by atoms with E-state index < -0.39 is 18.3 Å². The summed E-state index contributed by atoms with van der Waals surface area (Å²) in [5.41, 5.74) is 3.10. The zero-order valence-electron chi connectivity index (χ0n) is 17.2. The third-order valence-corrected chi connectivity index (χ3v) is 6.57. The lowest BCUT2D eigenvalue weighted by atomic mass is 9.80. The van der Waals surface area contributed by atoms with Gasteiger partial charge in [-0.3, -0.25) is 9.48 Å². The van der Waals surface area contributed by atoms with Crippen molar-refractivity contribution < 1.29 is 23.2 Å². The van der Waals surface area contributed by atoms with Crippen LogP contribution in [-0.2, 0) is 10.2 Å². The number of alkyl halides is 2. The number of rotatable bonds is 6. The third kappa shape index (κ3) is 3.14. The van der Waals surface area contributed by atoms with Gasteiger partial charge in [0.05, 0.1) is 17.4 Å². The molecule has 2 aromatic heterocycles. The van der Waals surface area contributed by atoms with E-state index >= 15 is 0 Å². The van der Waals surface area contributed by atoms with Gasteiger partial charge in [-0.15, -0.1) is 0 Å². The molecule has 2 saturated carbocycles. The molecule has 0 bridgehead atoms. The molecule has 5 rings (SSSR count). The largest absolute Gasteiger partial charge is 0.481 e. The van der Waals surface area contributed by atoms with E-state index in [2.05, 4.69) is 41.2 Å². The number of aliphatic carboxylic acids is 1. The fourth-order valence-corrected chi connectivity index (χ4v) is 4.75. The normalized spacial score (nSPS) is 21.8. The van der Waals surface area contributed by atoms with Crippen molar-refractivity contribution >= 4 is 5.97 Å². The number of carboxylic acids is 1. The molecule has 3 aromatic rings. The monoisotopic (exact) mass is 428 g/mol. The molecule has 2 aliphatic rings. The number of hydrogen-bond acceptors (Lipinski definition) is 5. The van der Waals surface area contributed by atoms with Crippen molar-refractivity contribution in [3.63, 3.8) is 0 Å². The summed E-state index contributed by atoms with van der Waals surface area (Å²) in [6.45, 7) is 4.12. The van der Waals surface area contributed by atoms with E-state index in [-0.39, 0.29) is 23.0 Å². The lowest BCUT2D eigenvalue weighted by Crippen LogP contribution is -2.33. The highest BCUT2D eigenvalue weighted by molar-refractivity contribution is 5.71. The molecule has 2 heterocycles. The topological polar surface area (TPSA) is 94.0 Å². The highest BCUT2D eigenvalue weighted by atomic mass is 19.3. The smallest absolute Gasteiger partial charge is 0.306 e. The van der Waals surface area contributed by atoms with E-state index in [1.807, 2.05) is 6.07 Å². The number of benzene rings is 1. The highest BCUT2D eigenvalue weighted by Gasteiger charge is 2.51. The predicted molar refractivity (Wildman–Crippen MR) is 106 cm³/mol. The Morgan fingerprint density at radius 3 is 2.52 bits per heavy atom. The minimum absolute atomic E-state index is 0.130. The lowest BCUT2D eigenvalue weighted by molar-refractivity contribution is -0.146. The number of nitrogens with zero attached hydrogens (tertiary/aromatic N) is 4. The molecule has 31 heavy (non-hydrogen) atoms. The van der Waals surface area contributed by atoms with E-state index in [9.17, 15) is 13.6 Å². The van der Waals surface area contributed by atoms with Crippen molar-refractivity contribution in [2.45, 2.75) is 57.4 Å². The fraction of sp³-hybridized carbons (Fsp3) is 0.455. The first-order valence-corrected chi connectivity index (χ1v) is 10.3. The number of carboxylic acid groups (broad SMARTS) is 1. The van der Waals surface area contributed by atoms with Gasteiger partial charge in [0.2, 0.25) is 0 Å². The molecule has 0 amide bonds. The first-order valence-electron chi connectivity index (χ1n) is 10.3. The molecule has 2 aliphatic carbocycles. The quantitative estimate of drug-likeness (QED) is 0.617. The summed E-state index contributed by atoms with van der Waals surface area (Å²) in [6, 6.07) is 7.10. The summed E-state index contributed by atoms with van der Waals surface area (Å²) in [5.74, 6) is -0.702. The predicted octanol–water partition coefficient (Wildman–Crippen LogP) is 4.60. The van der Waals surface area contributed by atoms with Crippen LogP contribution >= 0.6 is 0 Å². The van der Waals surface area contributed by atoms with Gasteiger partial charge in [0.15, 0.2) is 5.82 Å². The van der Waals surface area contributed by atoms with Crippen LogP contribution in [-0.4, -0.2) is 31.0 Å². The van der Waals surface area contributed by atoms with Crippen molar-refractivity contribution in [2.75, 3.05) is 0 Å². The van der Waals surface area contributed by atoms with Crippen LogP contribution in [0.25, 0.3) is 11.6 Å². The van der Waals surface area contributed by atoms with Crippen molar-refractivity contribution in [1.29, 1.82) is 0 Å². The summed E-state index contributed by atoms with van der Waals surface area (Å²) in [7, 11) is 0. The highest BCUT2D eigenvalue weighted by Crippen LogP contribution is 2.54. The van der Waals surface area contributed by atoms with Gasteiger partial charge in [-0.05, 0) is 62.3 Å². The Hall–Kier alpha value is -3.10. The van der Waals surface area contributed by atoms with Crippen LogP contribution in [0.1, 0.15) is 66.4 Å². The van der Waals surface area contributed by atoms with E-state index in [0.29, 0.717) is 24.4 Å². The Balaban J connectivity index is 1.51. The first-order chi connectivity index (χ1) is 14.8. The summed E-state index contributed by atoms with van der Waals surface area (Å²) in [5, 5.41) is 17.4. The molecule has 7 nitrogen and oxygen atoms in total. The molecular weight excluding hydrogens is 406 g/mol. The van der Waals surface area contributed by atoms with Crippen LogP contribution in [0.15, 0.2) is 28.8 Å². The van der Waals surface area contributed by atoms with Crippen LogP contribution in [0.4, 0.5) is 8.78 Å². The molecule has 9 heteroatoms. The Morgan fingerprint density at radius 2 is 1.94 bits per heavy atom. The average Bonchev–Trinajstić information content (AvgIpc) is 3.11. The van der Waals surface area contributed by atoms with Gasteiger partial charge in [-0.2, -0.15) is 10.1 Å². The average molecular weight is 428 g/mol. The maximum atomic E-state index is 13.3. The van der Waals surface area contributed by atoms with Crippen LogP contribution < -0.4 is 0 Å². The Bertz CT molecular complexity index is 1140. The Labute approximate surface area is 177 Å². The summed E-state index contributed by atoms with van der Waals surface area (Å²) in [4.78, 5) is 15.7. The zero-order valence-corrected chi connectivity index (χ0v) is 17.2. The summed E-state index contributed by atoms with van der Waals surface area (Å²) in [6.07, 6.45) is -0.299. The van der Waals surface area contributed by atoms with Gasteiger partial charge in [-0.1, -0.05) is 23.4 Å². The van der Waals surface area contributed by atoms with Gasteiger partial charge < -0.3 is 9.63 Å². The van der Waals surface area contributed by atoms with Gasteiger partial charge in [0.25, 0.3) is 12.3 Å². The number of hydrogen-bond donors (Lipinski definition) is 1. The van der Waals surface area contributed by atoms with Crippen molar-refractivity contribution in [3.05, 3.63) is 52.5 Å². The number of aryl methyl sites for hydroxylation is 2. The second-order valence-electron chi connectivity index (χ2n) is 8.63. The molecule has 0 radical (unpaired) electrons. The van der Waals surface area contributed by atoms with Crippen LogP contribution in [0, 0.1) is 19.8 Å². The van der Waals surface area contributed by atoms with Gasteiger partial charge in [0, 0.05) is 0 Å². The minimum Gasteiger partial charge on any atom is -0.481 e. The molecule has 2 fully saturated rings. The van der Waals surface area contributed by atoms with E-state index in [1.165, 1.54) is 16.3 Å². The molecule has 0 unspecified atom stereocenters. The number of halogens is 2. The summed E-state index contributed by atoms with van der Waals surface area (Å²) >= 11 is 0. The van der Waals surface area contributed by atoms with Gasteiger partial charge in [0.1, 0.15) is 11.4 Å². The Kier molecular flexibility index (Phi) is 4.46. The van der Waals surface area contributed by atoms with Crippen LogP contribution in [0.5, 0.6) is 0 Å². The van der Waals surface area contributed by atoms with Crippen molar-refractivity contribution in [3.8, 4) is 11.6 Å². The second-order valence-corrected chi connectivity index (χ2v) is 8.63. The second kappa shape index (κ2) is 6.96. The molecule has 0 spiro atoms. The van der Waals surface area contributed by atoms with Crippen LogP contribution in [0.2, 0.25) is 0 Å². The standard InChI is InChI=1S/C22H22F2N4O3/c1-11-4-3-5-12(2)17(11)22(6-7-22)21-25-19(31-27-21)16-10-15(18(23)24)26-28(16)14-8-13(9-14)20(29)30/h3-5,10,13-14,18H,6-9H2,1-2H3,(H,29,30). The van der Waals surface area contributed by atoms with Gasteiger partial charge in [-0.25, -0.2) is 8.78 Å². The summed E-state index contributed by atoms with van der Waals surface area (Å²) < 4.78 is 33.6. The third-order valence-electron chi connectivity index (χ3n) is 6.57. The minimum atomic E-state index is -2.75. The molecular formula is C22H22F2N4O3. The first kappa shape index (κ1) is 19.8. The van der Waals surface area contributed by atoms with E-state index in [0.717, 1.165) is 24.0 Å². The SMILES string of the molecule is Cc1cccc(C)c1C1(c2noc(-c3cc(C(F)F)nn3C3CC(C(=O)O)C3)n2)CC1. The molecule has 0 atom stereocenters. The van der Waals surface area contributed by atoms with Gasteiger partial charge >= 0.3 is 5.97 Å². The fourth-order valence-electron chi connectivity index (χ4n) is 4.75. The molecule has 1 N–H and O–H groups in total. The van der Waals surface area contributed by atoms with Crippen molar-refractivity contribution in [2.24, 2.45) is 5.92 Å². The maximum Gasteiger partial charge on any atom is 0.306 e. The molecule has 1 aromatic carbocycles. The zero-order chi connectivity index (χ0) is 21.9. The lowest BCUT2D eigenvalue weighted by Gasteiger charge is -2.33. The number of aromatic nitrogens is 4. The van der Waals surface area contributed by atoms with E-state index in [4.69, 9.17) is 9.63 Å².